The first-order valence-corrected chi connectivity index (χ1v) is 11.6. The summed E-state index contributed by atoms with van der Waals surface area (Å²) in [6.07, 6.45) is 0.872. The summed E-state index contributed by atoms with van der Waals surface area (Å²) in [5.41, 5.74) is 5.44. The van der Waals surface area contributed by atoms with Gasteiger partial charge in [-0.1, -0.05) is 42.5 Å². The van der Waals surface area contributed by atoms with Gasteiger partial charge in [-0.3, -0.25) is 4.79 Å². The van der Waals surface area contributed by atoms with Crippen molar-refractivity contribution < 1.29 is 4.39 Å². The van der Waals surface area contributed by atoms with E-state index >= 15 is 0 Å². The van der Waals surface area contributed by atoms with Crippen LogP contribution in [0.4, 0.5) is 10.1 Å². The van der Waals surface area contributed by atoms with Crippen molar-refractivity contribution >= 4 is 16.6 Å². The number of nitrogens with one attached hydrogen (secondary N) is 1. The maximum absolute atomic E-state index is 13.5. The van der Waals surface area contributed by atoms with Crippen molar-refractivity contribution in [3.05, 3.63) is 117 Å². The third-order valence-electron chi connectivity index (χ3n) is 6.61. The maximum atomic E-state index is 13.5. The van der Waals surface area contributed by atoms with Crippen LogP contribution in [0.15, 0.2) is 77.6 Å². The highest BCUT2D eigenvalue weighted by Gasteiger charge is 2.34. The number of aromatic nitrogens is 5. The molecule has 6 rings (SSSR count). The van der Waals surface area contributed by atoms with E-state index in [9.17, 15) is 9.18 Å². The van der Waals surface area contributed by atoms with Crippen molar-refractivity contribution in [2.45, 2.75) is 25.9 Å². The maximum Gasteiger partial charge on any atom is 0.254 e. The van der Waals surface area contributed by atoms with Crippen LogP contribution in [0.3, 0.4) is 0 Å². The summed E-state index contributed by atoms with van der Waals surface area (Å²) in [5.74, 6) is 0.262. The van der Waals surface area contributed by atoms with Gasteiger partial charge >= 0.3 is 0 Å². The molecule has 3 heterocycles. The number of halogens is 1. The molecule has 0 saturated carbocycles. The van der Waals surface area contributed by atoms with Crippen LogP contribution in [0.25, 0.3) is 10.9 Å². The number of anilines is 1. The largest absolute Gasteiger partial charge is 0.357 e. The highest BCUT2D eigenvalue weighted by atomic mass is 19.1. The number of aryl methyl sites for hydroxylation is 1. The Balaban J connectivity index is 1.51. The molecule has 1 aliphatic rings. The molecule has 174 valence electrons. The zero-order valence-corrected chi connectivity index (χ0v) is 19.1. The molecule has 8 heteroatoms. The molecule has 0 saturated heterocycles. The van der Waals surface area contributed by atoms with E-state index in [2.05, 4.69) is 37.5 Å². The van der Waals surface area contributed by atoms with Crippen LogP contribution in [0.2, 0.25) is 0 Å². The van der Waals surface area contributed by atoms with Crippen LogP contribution in [-0.2, 0) is 13.0 Å². The monoisotopic (exact) mass is 466 g/mol. The third-order valence-corrected chi connectivity index (χ3v) is 6.61. The summed E-state index contributed by atoms with van der Waals surface area (Å²) < 4.78 is 15.1. The quantitative estimate of drug-likeness (QED) is 0.421. The molecule has 7 nitrogen and oxygen atoms in total. The molecule has 0 unspecified atom stereocenters. The first kappa shape index (κ1) is 21.2. The SMILES string of the molecule is Cc1ccc2cc([C@H](c3nnnn3Cc3ccc(F)cc3)N3CCc4ccccc43)c(=O)[nH]c2c1. The average Bonchev–Trinajstić information content (AvgIpc) is 3.49. The zero-order valence-electron chi connectivity index (χ0n) is 19.1. The van der Waals surface area contributed by atoms with Crippen molar-refractivity contribution in [3.8, 4) is 0 Å². The van der Waals surface area contributed by atoms with Gasteiger partial charge in [-0.15, -0.1) is 5.10 Å². The van der Waals surface area contributed by atoms with E-state index in [0.717, 1.165) is 40.7 Å². The number of nitrogens with zero attached hydrogens (tertiary/aromatic N) is 5. The van der Waals surface area contributed by atoms with E-state index in [1.54, 1.807) is 16.8 Å². The fourth-order valence-corrected chi connectivity index (χ4v) is 4.90. The Morgan fingerprint density at radius 3 is 2.74 bits per heavy atom. The van der Waals surface area contributed by atoms with E-state index in [1.165, 1.54) is 17.7 Å². The number of aromatic amines is 1. The number of hydrogen-bond acceptors (Lipinski definition) is 5. The van der Waals surface area contributed by atoms with Crippen molar-refractivity contribution in [2.24, 2.45) is 0 Å². The Bertz CT molecular complexity index is 1590. The fourth-order valence-electron chi connectivity index (χ4n) is 4.90. The number of para-hydroxylation sites is 1. The highest BCUT2D eigenvalue weighted by molar-refractivity contribution is 5.80. The number of pyridine rings is 1. The van der Waals surface area contributed by atoms with Gasteiger partial charge < -0.3 is 9.88 Å². The van der Waals surface area contributed by atoms with Gasteiger partial charge in [0.1, 0.15) is 11.9 Å². The van der Waals surface area contributed by atoms with E-state index in [0.29, 0.717) is 17.9 Å². The van der Waals surface area contributed by atoms with Gasteiger partial charge in [0.15, 0.2) is 5.82 Å². The van der Waals surface area contributed by atoms with Gasteiger partial charge in [-0.2, -0.15) is 0 Å². The molecule has 3 aromatic carbocycles. The van der Waals surface area contributed by atoms with Gasteiger partial charge in [0, 0.05) is 23.3 Å². The van der Waals surface area contributed by atoms with Gasteiger partial charge in [0.25, 0.3) is 5.56 Å². The molecule has 35 heavy (non-hydrogen) atoms. The molecule has 0 fully saturated rings. The molecule has 5 aromatic rings. The predicted molar refractivity (Wildman–Crippen MR) is 132 cm³/mol. The molecule has 1 N–H and O–H groups in total. The van der Waals surface area contributed by atoms with Gasteiger partial charge in [0.2, 0.25) is 0 Å². The van der Waals surface area contributed by atoms with Crippen molar-refractivity contribution in [2.75, 3.05) is 11.4 Å². The summed E-state index contributed by atoms with van der Waals surface area (Å²) >= 11 is 0. The van der Waals surface area contributed by atoms with Crippen molar-refractivity contribution in [1.82, 2.24) is 25.2 Å². The van der Waals surface area contributed by atoms with Crippen LogP contribution in [-0.4, -0.2) is 31.7 Å². The lowest BCUT2D eigenvalue weighted by Gasteiger charge is -2.29. The van der Waals surface area contributed by atoms with Crippen LogP contribution in [0.1, 0.15) is 34.1 Å². The molecule has 2 aromatic heterocycles. The number of H-pyrrole nitrogens is 1. The van der Waals surface area contributed by atoms with E-state index in [1.807, 2.05) is 43.3 Å². The topological polar surface area (TPSA) is 79.7 Å². The van der Waals surface area contributed by atoms with Gasteiger partial charge in [-0.25, -0.2) is 9.07 Å². The third kappa shape index (κ3) is 3.86. The van der Waals surface area contributed by atoms with Crippen molar-refractivity contribution in [1.29, 1.82) is 0 Å². The second-order valence-electron chi connectivity index (χ2n) is 8.94. The first-order chi connectivity index (χ1) is 17.1. The molecule has 0 bridgehead atoms. The lowest BCUT2D eigenvalue weighted by Crippen LogP contribution is -2.34. The van der Waals surface area contributed by atoms with Crippen LogP contribution in [0.5, 0.6) is 0 Å². The zero-order chi connectivity index (χ0) is 23.9. The lowest BCUT2D eigenvalue weighted by atomic mass is 10.0. The van der Waals surface area contributed by atoms with E-state index < -0.39 is 6.04 Å². The molecule has 0 radical (unpaired) electrons. The van der Waals surface area contributed by atoms with Crippen LogP contribution < -0.4 is 10.5 Å². The summed E-state index contributed by atoms with van der Waals surface area (Å²) in [6.45, 7) is 3.09. The summed E-state index contributed by atoms with van der Waals surface area (Å²) in [4.78, 5) is 18.7. The number of rotatable bonds is 5. The smallest absolute Gasteiger partial charge is 0.254 e. The summed E-state index contributed by atoms with van der Waals surface area (Å²) in [6, 6.07) is 21.9. The van der Waals surface area contributed by atoms with Crippen LogP contribution >= 0.6 is 0 Å². The first-order valence-electron chi connectivity index (χ1n) is 11.6. The predicted octanol–water partition coefficient (Wildman–Crippen LogP) is 4.16. The normalized spacial score (nSPS) is 13.8. The molecule has 0 spiro atoms. The molecule has 1 aliphatic heterocycles. The average molecular weight is 467 g/mol. The Kier molecular flexibility index (Phi) is 5.13. The molecular weight excluding hydrogens is 443 g/mol. The summed E-state index contributed by atoms with van der Waals surface area (Å²) in [7, 11) is 0. The van der Waals surface area contributed by atoms with Gasteiger partial charge in [-0.05, 0) is 76.2 Å². The molecule has 0 aliphatic carbocycles. The second kappa shape index (κ2) is 8.47. The van der Waals surface area contributed by atoms with Crippen molar-refractivity contribution in [3.63, 3.8) is 0 Å². The lowest BCUT2D eigenvalue weighted by molar-refractivity contribution is 0.576. The number of tetrazole rings is 1. The van der Waals surface area contributed by atoms with E-state index in [-0.39, 0.29) is 11.4 Å². The fraction of sp³-hybridized carbons (Fsp3) is 0.185. The Morgan fingerprint density at radius 1 is 1.06 bits per heavy atom. The highest BCUT2D eigenvalue weighted by Crippen LogP contribution is 2.37. The summed E-state index contributed by atoms with van der Waals surface area (Å²) in [5, 5.41) is 13.5. The minimum atomic E-state index is -0.497. The number of hydrogen-bond donors (Lipinski definition) is 1. The van der Waals surface area contributed by atoms with Crippen LogP contribution in [0, 0.1) is 12.7 Å². The Hall–Kier alpha value is -4.33. The standard InChI is InChI=1S/C27H23FN6O/c1-17-6-9-20-15-22(27(35)29-23(20)14-17)25(33-13-12-19-4-2-3-5-24(19)33)26-30-31-32-34(26)16-18-7-10-21(28)11-8-18/h2-11,14-15,25H,12-13,16H2,1H3,(H,29,35)/t25-/m1/s1. The Morgan fingerprint density at radius 2 is 1.89 bits per heavy atom. The second-order valence-corrected chi connectivity index (χ2v) is 8.94. The Labute approximate surface area is 200 Å². The minimum Gasteiger partial charge on any atom is -0.357 e. The minimum absolute atomic E-state index is 0.172. The molecule has 0 amide bonds. The van der Waals surface area contributed by atoms with Gasteiger partial charge in [0.05, 0.1) is 6.54 Å². The molecular formula is C27H23FN6O. The number of fused-ring (bicyclic) bond motifs is 2. The molecule has 1 atom stereocenters. The number of benzene rings is 3. The van der Waals surface area contributed by atoms with E-state index in [4.69, 9.17) is 0 Å².